The molecule has 0 fully saturated rings. The SMILES string of the molecule is CCCNC(=O)[C@@H](C)Sc1nc2ccccc2c(=O)n1[C@@H](C)CC. The lowest BCUT2D eigenvalue weighted by Crippen LogP contribution is -2.33. The average molecular weight is 347 g/mol. The fraction of sp³-hybridized carbons (Fsp3) is 0.500. The van der Waals surface area contributed by atoms with Crippen LogP contribution in [-0.4, -0.2) is 27.3 Å². The highest BCUT2D eigenvalue weighted by Gasteiger charge is 2.20. The molecule has 130 valence electrons. The first-order chi connectivity index (χ1) is 11.5. The summed E-state index contributed by atoms with van der Waals surface area (Å²) in [5.74, 6) is -0.0278. The Morgan fingerprint density at radius 1 is 1.29 bits per heavy atom. The number of benzene rings is 1. The molecule has 2 aromatic rings. The van der Waals surface area contributed by atoms with E-state index in [4.69, 9.17) is 0 Å². The summed E-state index contributed by atoms with van der Waals surface area (Å²) in [6.45, 7) is 8.57. The van der Waals surface area contributed by atoms with Crippen molar-refractivity contribution in [2.75, 3.05) is 6.54 Å². The van der Waals surface area contributed by atoms with Crippen molar-refractivity contribution < 1.29 is 4.79 Å². The minimum atomic E-state index is -0.306. The lowest BCUT2D eigenvalue weighted by Gasteiger charge is -2.20. The number of carbonyl (C=O) groups excluding carboxylic acids is 1. The predicted molar refractivity (Wildman–Crippen MR) is 99.6 cm³/mol. The number of thioether (sulfide) groups is 1. The van der Waals surface area contributed by atoms with Gasteiger partial charge in [-0.05, 0) is 38.8 Å². The van der Waals surface area contributed by atoms with Gasteiger partial charge >= 0.3 is 0 Å². The maximum absolute atomic E-state index is 12.9. The first kappa shape index (κ1) is 18.5. The highest BCUT2D eigenvalue weighted by molar-refractivity contribution is 8.00. The molecule has 0 unspecified atom stereocenters. The van der Waals surface area contributed by atoms with Gasteiger partial charge in [-0.15, -0.1) is 0 Å². The van der Waals surface area contributed by atoms with Crippen molar-refractivity contribution in [1.29, 1.82) is 0 Å². The summed E-state index contributed by atoms with van der Waals surface area (Å²) < 4.78 is 1.72. The van der Waals surface area contributed by atoms with Crippen LogP contribution in [0.3, 0.4) is 0 Å². The third-order valence-electron chi connectivity index (χ3n) is 4.01. The van der Waals surface area contributed by atoms with Crippen LogP contribution in [0, 0.1) is 0 Å². The summed E-state index contributed by atoms with van der Waals surface area (Å²) >= 11 is 1.34. The van der Waals surface area contributed by atoms with Crippen LogP contribution in [0.15, 0.2) is 34.2 Å². The first-order valence-electron chi connectivity index (χ1n) is 8.45. The van der Waals surface area contributed by atoms with Crippen LogP contribution in [0.1, 0.15) is 46.6 Å². The van der Waals surface area contributed by atoms with Gasteiger partial charge in [0.1, 0.15) is 0 Å². The van der Waals surface area contributed by atoms with Crippen molar-refractivity contribution in [3.63, 3.8) is 0 Å². The zero-order valence-electron chi connectivity index (χ0n) is 14.7. The van der Waals surface area contributed by atoms with E-state index in [-0.39, 0.29) is 22.8 Å². The van der Waals surface area contributed by atoms with Crippen molar-refractivity contribution in [3.05, 3.63) is 34.6 Å². The average Bonchev–Trinajstić information content (AvgIpc) is 2.59. The summed E-state index contributed by atoms with van der Waals surface area (Å²) in [4.78, 5) is 29.7. The van der Waals surface area contributed by atoms with Crippen LogP contribution in [0.2, 0.25) is 0 Å². The van der Waals surface area contributed by atoms with Crippen LogP contribution in [0.25, 0.3) is 10.9 Å². The molecule has 0 radical (unpaired) electrons. The second kappa shape index (κ2) is 8.33. The summed E-state index contributed by atoms with van der Waals surface area (Å²) in [5.41, 5.74) is 0.629. The van der Waals surface area contributed by atoms with E-state index >= 15 is 0 Å². The van der Waals surface area contributed by atoms with Gasteiger partial charge in [-0.2, -0.15) is 0 Å². The van der Waals surface area contributed by atoms with Crippen LogP contribution in [-0.2, 0) is 4.79 Å². The minimum absolute atomic E-state index is 0.0278. The Hall–Kier alpha value is -1.82. The lowest BCUT2D eigenvalue weighted by atomic mass is 10.2. The zero-order valence-corrected chi connectivity index (χ0v) is 15.5. The fourth-order valence-electron chi connectivity index (χ4n) is 2.38. The number of carbonyl (C=O) groups is 1. The van der Waals surface area contributed by atoms with Gasteiger partial charge < -0.3 is 5.32 Å². The van der Waals surface area contributed by atoms with Gasteiger partial charge in [0.2, 0.25) is 5.91 Å². The molecule has 1 amide bonds. The van der Waals surface area contributed by atoms with Crippen LogP contribution >= 0.6 is 11.8 Å². The van der Waals surface area contributed by atoms with E-state index in [2.05, 4.69) is 10.3 Å². The molecule has 0 aliphatic heterocycles. The molecule has 0 aliphatic rings. The number of fused-ring (bicyclic) bond motifs is 1. The molecule has 0 spiro atoms. The fourth-order valence-corrected chi connectivity index (χ4v) is 3.42. The van der Waals surface area contributed by atoms with Gasteiger partial charge in [-0.25, -0.2) is 4.98 Å². The number of rotatable bonds is 7. The van der Waals surface area contributed by atoms with Gasteiger partial charge in [0.15, 0.2) is 5.16 Å². The van der Waals surface area contributed by atoms with Gasteiger partial charge in [0.05, 0.1) is 16.2 Å². The molecule has 24 heavy (non-hydrogen) atoms. The number of hydrogen-bond donors (Lipinski definition) is 1. The Morgan fingerprint density at radius 2 is 2.00 bits per heavy atom. The van der Waals surface area contributed by atoms with Crippen molar-refractivity contribution >= 4 is 28.6 Å². The van der Waals surface area contributed by atoms with E-state index < -0.39 is 0 Å². The van der Waals surface area contributed by atoms with Crippen molar-refractivity contribution in [2.24, 2.45) is 0 Å². The number of nitrogens with one attached hydrogen (secondary N) is 1. The molecule has 1 aromatic carbocycles. The molecule has 6 heteroatoms. The van der Waals surface area contributed by atoms with Crippen molar-refractivity contribution in [1.82, 2.24) is 14.9 Å². The number of para-hydroxylation sites is 1. The molecule has 5 nitrogen and oxygen atoms in total. The number of amides is 1. The van der Waals surface area contributed by atoms with Crippen molar-refractivity contribution in [2.45, 2.75) is 57.0 Å². The van der Waals surface area contributed by atoms with Gasteiger partial charge in [0.25, 0.3) is 5.56 Å². The Labute approximate surface area is 146 Å². The Morgan fingerprint density at radius 3 is 2.67 bits per heavy atom. The maximum atomic E-state index is 12.9. The van der Waals surface area contributed by atoms with Gasteiger partial charge in [0, 0.05) is 12.6 Å². The highest BCUT2D eigenvalue weighted by atomic mass is 32.2. The molecule has 1 N–H and O–H groups in total. The molecule has 2 atom stereocenters. The molecule has 2 rings (SSSR count). The molecular weight excluding hydrogens is 322 g/mol. The van der Waals surface area contributed by atoms with E-state index in [1.54, 1.807) is 10.6 Å². The molecule has 0 bridgehead atoms. The van der Waals surface area contributed by atoms with E-state index in [0.717, 1.165) is 12.8 Å². The summed E-state index contributed by atoms with van der Waals surface area (Å²) in [6.07, 6.45) is 1.72. The smallest absolute Gasteiger partial charge is 0.262 e. The van der Waals surface area contributed by atoms with Gasteiger partial charge in [-0.1, -0.05) is 37.7 Å². The van der Waals surface area contributed by atoms with Gasteiger partial charge in [-0.3, -0.25) is 14.2 Å². The number of hydrogen-bond acceptors (Lipinski definition) is 4. The predicted octanol–water partition coefficient (Wildman–Crippen LogP) is 3.37. The molecular formula is C18H25N3O2S. The van der Waals surface area contributed by atoms with E-state index in [1.807, 2.05) is 45.9 Å². The summed E-state index contributed by atoms with van der Waals surface area (Å²) in [5, 5.41) is 3.81. The second-order valence-corrected chi connectivity index (χ2v) is 7.20. The normalized spacial score (nSPS) is 13.7. The van der Waals surface area contributed by atoms with Crippen LogP contribution in [0.5, 0.6) is 0 Å². The summed E-state index contributed by atoms with van der Waals surface area (Å²) in [7, 11) is 0. The molecule has 0 saturated heterocycles. The quantitative estimate of drug-likeness (QED) is 0.616. The number of nitrogens with zero attached hydrogens (tertiary/aromatic N) is 2. The van der Waals surface area contributed by atoms with E-state index in [9.17, 15) is 9.59 Å². The zero-order chi connectivity index (χ0) is 17.7. The molecule has 0 aliphatic carbocycles. The maximum Gasteiger partial charge on any atom is 0.262 e. The largest absolute Gasteiger partial charge is 0.355 e. The van der Waals surface area contributed by atoms with E-state index in [0.29, 0.717) is 22.6 Å². The van der Waals surface area contributed by atoms with E-state index in [1.165, 1.54) is 11.8 Å². The molecule has 1 aromatic heterocycles. The van der Waals surface area contributed by atoms with Crippen molar-refractivity contribution in [3.8, 4) is 0 Å². The topological polar surface area (TPSA) is 64.0 Å². The third-order valence-corrected chi connectivity index (χ3v) is 5.07. The molecule has 1 heterocycles. The third kappa shape index (κ3) is 3.98. The Bertz CT molecular complexity index is 772. The monoisotopic (exact) mass is 347 g/mol. The minimum Gasteiger partial charge on any atom is -0.355 e. The number of aromatic nitrogens is 2. The Balaban J connectivity index is 2.44. The summed E-state index contributed by atoms with van der Waals surface area (Å²) in [6, 6.07) is 7.38. The lowest BCUT2D eigenvalue weighted by molar-refractivity contribution is -0.120. The molecule has 0 saturated carbocycles. The Kier molecular flexibility index (Phi) is 6.43. The van der Waals surface area contributed by atoms with Crippen LogP contribution < -0.4 is 10.9 Å². The highest BCUT2D eigenvalue weighted by Crippen LogP contribution is 2.25. The van der Waals surface area contributed by atoms with Crippen LogP contribution in [0.4, 0.5) is 0 Å². The first-order valence-corrected chi connectivity index (χ1v) is 9.33. The standard InChI is InChI=1S/C18H25N3O2S/c1-5-11-19-16(22)13(4)24-18-20-15-10-8-7-9-14(15)17(23)21(18)12(3)6-2/h7-10,12-13H,5-6,11H2,1-4H3,(H,19,22)/t12-,13+/m0/s1. The second-order valence-electron chi connectivity index (χ2n) is 5.90.